The van der Waals surface area contributed by atoms with Crippen LogP contribution in [0.5, 0.6) is 0 Å². The van der Waals surface area contributed by atoms with Gasteiger partial charge in [0.25, 0.3) is 0 Å². The number of aromatic nitrogens is 2. The van der Waals surface area contributed by atoms with E-state index in [0.717, 1.165) is 0 Å². The molecule has 0 N–H and O–H groups in total. The summed E-state index contributed by atoms with van der Waals surface area (Å²) >= 11 is 0. The Morgan fingerprint density at radius 1 is 0.360 bits per heavy atom. The summed E-state index contributed by atoms with van der Waals surface area (Å²) in [5.41, 5.74) is 14.0. The Bertz CT molecular complexity index is 2650. The van der Waals surface area contributed by atoms with Gasteiger partial charge in [-0.2, -0.15) is 0 Å². The molecule has 0 aliphatic heterocycles. The molecule has 50 heavy (non-hydrogen) atoms. The van der Waals surface area contributed by atoms with Crippen molar-refractivity contribution in [2.45, 2.75) is 38.0 Å². The van der Waals surface area contributed by atoms with E-state index in [4.69, 9.17) is 0 Å². The van der Waals surface area contributed by atoms with Crippen LogP contribution in [-0.4, -0.2) is 9.13 Å². The smallest absolute Gasteiger partial charge is 0.0550 e. The fourth-order valence-corrected chi connectivity index (χ4v) is 8.75. The second kappa shape index (κ2) is 11.9. The van der Waals surface area contributed by atoms with E-state index in [-0.39, 0.29) is 0 Å². The molecule has 2 heteroatoms. The Balaban J connectivity index is 1.22. The van der Waals surface area contributed by atoms with Gasteiger partial charge in [0.05, 0.1) is 22.1 Å². The lowest BCUT2D eigenvalue weighted by Gasteiger charge is -2.24. The molecule has 7 aromatic carbocycles. The Hall–Kier alpha value is -5.86. The molecule has 2 aromatic heterocycles. The summed E-state index contributed by atoms with van der Waals surface area (Å²) in [5.74, 6) is 0.564. The minimum Gasteiger partial charge on any atom is -0.309 e. The number of para-hydroxylation sites is 3. The van der Waals surface area contributed by atoms with Crippen LogP contribution in [0.15, 0.2) is 164 Å². The van der Waals surface area contributed by atoms with Gasteiger partial charge in [0.1, 0.15) is 0 Å². The number of rotatable bonds is 5. The fraction of sp³-hybridized carbons (Fsp3) is 0.125. The van der Waals surface area contributed by atoms with Crippen LogP contribution in [0.1, 0.15) is 43.6 Å². The molecule has 0 unspecified atom stereocenters. The monoisotopic (exact) mass is 642 g/mol. The van der Waals surface area contributed by atoms with Gasteiger partial charge in [0.15, 0.2) is 0 Å². The van der Waals surface area contributed by atoms with Crippen molar-refractivity contribution in [3.8, 4) is 33.6 Å². The van der Waals surface area contributed by atoms with Gasteiger partial charge in [-0.3, -0.25) is 0 Å². The van der Waals surface area contributed by atoms with Crippen LogP contribution in [-0.2, 0) is 0 Å². The quantitative estimate of drug-likeness (QED) is 0.177. The molecule has 9 aromatic rings. The summed E-state index contributed by atoms with van der Waals surface area (Å²) in [6, 6.07) is 60.6. The molecule has 0 spiro atoms. The van der Waals surface area contributed by atoms with Crippen molar-refractivity contribution in [2.75, 3.05) is 0 Å². The van der Waals surface area contributed by atoms with Gasteiger partial charge in [-0.15, -0.1) is 0 Å². The van der Waals surface area contributed by atoms with Crippen molar-refractivity contribution in [1.82, 2.24) is 9.13 Å². The largest absolute Gasteiger partial charge is 0.309 e. The molecular weight excluding hydrogens is 605 g/mol. The van der Waals surface area contributed by atoms with E-state index in [1.54, 1.807) is 0 Å². The number of hydrogen-bond acceptors (Lipinski definition) is 0. The molecule has 1 fully saturated rings. The van der Waals surface area contributed by atoms with Crippen molar-refractivity contribution in [1.29, 1.82) is 0 Å². The third kappa shape index (κ3) is 4.70. The maximum atomic E-state index is 2.55. The maximum absolute atomic E-state index is 2.55. The zero-order valence-electron chi connectivity index (χ0n) is 28.1. The molecule has 0 radical (unpaired) electrons. The van der Waals surface area contributed by atoms with Crippen LogP contribution in [0.4, 0.5) is 0 Å². The minimum absolute atomic E-state index is 0.564. The topological polar surface area (TPSA) is 9.86 Å². The van der Waals surface area contributed by atoms with Crippen LogP contribution in [0.25, 0.3) is 77.2 Å². The molecule has 240 valence electrons. The van der Waals surface area contributed by atoms with Crippen molar-refractivity contribution >= 4 is 43.6 Å². The van der Waals surface area contributed by atoms with E-state index in [1.807, 2.05) is 0 Å². The van der Waals surface area contributed by atoms with Crippen molar-refractivity contribution in [2.24, 2.45) is 0 Å². The predicted octanol–water partition coefficient (Wildman–Crippen LogP) is 13.3. The predicted molar refractivity (Wildman–Crippen MR) is 212 cm³/mol. The second-order valence-corrected chi connectivity index (χ2v) is 14.0. The lowest BCUT2D eigenvalue weighted by Crippen LogP contribution is -2.05. The van der Waals surface area contributed by atoms with Crippen LogP contribution >= 0.6 is 0 Å². The third-order valence-electron chi connectivity index (χ3n) is 11.1. The number of benzene rings is 7. The molecule has 0 bridgehead atoms. The van der Waals surface area contributed by atoms with Crippen molar-refractivity contribution in [3.63, 3.8) is 0 Å². The molecular formula is C48H38N2. The molecule has 1 aliphatic rings. The summed E-state index contributed by atoms with van der Waals surface area (Å²) in [4.78, 5) is 0. The molecule has 0 atom stereocenters. The summed E-state index contributed by atoms with van der Waals surface area (Å²) in [6.07, 6.45) is 6.47. The molecule has 2 heterocycles. The number of fused-ring (bicyclic) bond motifs is 6. The zero-order chi connectivity index (χ0) is 33.0. The summed E-state index contributed by atoms with van der Waals surface area (Å²) in [6.45, 7) is 0. The van der Waals surface area contributed by atoms with Crippen molar-refractivity contribution in [3.05, 3.63) is 169 Å². The van der Waals surface area contributed by atoms with E-state index in [0.29, 0.717) is 5.92 Å². The van der Waals surface area contributed by atoms with Crippen LogP contribution in [0, 0.1) is 0 Å². The number of hydrogen-bond donors (Lipinski definition) is 0. The van der Waals surface area contributed by atoms with Gasteiger partial charge in [-0.05, 0) is 101 Å². The Labute approximate surface area is 292 Å². The minimum atomic E-state index is 0.564. The van der Waals surface area contributed by atoms with E-state index >= 15 is 0 Å². The van der Waals surface area contributed by atoms with Crippen LogP contribution < -0.4 is 0 Å². The second-order valence-electron chi connectivity index (χ2n) is 14.0. The van der Waals surface area contributed by atoms with Crippen LogP contribution in [0.2, 0.25) is 0 Å². The Morgan fingerprint density at radius 3 is 1.68 bits per heavy atom. The van der Waals surface area contributed by atoms with E-state index in [2.05, 4.69) is 173 Å². The normalized spacial score (nSPS) is 13.9. The highest BCUT2D eigenvalue weighted by Crippen LogP contribution is 2.44. The molecule has 10 rings (SSSR count). The molecule has 0 amide bonds. The highest BCUT2D eigenvalue weighted by molar-refractivity contribution is 6.13. The summed E-state index contributed by atoms with van der Waals surface area (Å²) in [5, 5.41) is 5.35. The van der Waals surface area contributed by atoms with Gasteiger partial charge in [-0.1, -0.05) is 128 Å². The van der Waals surface area contributed by atoms with Gasteiger partial charge in [-0.25, -0.2) is 0 Å². The average molecular weight is 643 g/mol. The van der Waals surface area contributed by atoms with E-state index in [9.17, 15) is 0 Å². The first kappa shape index (κ1) is 29.1. The lowest BCUT2D eigenvalue weighted by atomic mass is 9.81. The fourth-order valence-electron chi connectivity index (χ4n) is 8.75. The zero-order valence-corrected chi connectivity index (χ0v) is 28.1. The van der Waals surface area contributed by atoms with E-state index in [1.165, 1.54) is 115 Å². The lowest BCUT2D eigenvalue weighted by molar-refractivity contribution is 0.446. The van der Waals surface area contributed by atoms with Gasteiger partial charge < -0.3 is 9.13 Å². The van der Waals surface area contributed by atoms with Gasteiger partial charge in [0.2, 0.25) is 0 Å². The Morgan fingerprint density at radius 2 is 0.920 bits per heavy atom. The third-order valence-corrected chi connectivity index (χ3v) is 11.1. The molecule has 2 nitrogen and oxygen atoms in total. The first-order valence-corrected chi connectivity index (χ1v) is 18.1. The highest BCUT2D eigenvalue weighted by atomic mass is 15.0. The highest BCUT2D eigenvalue weighted by Gasteiger charge is 2.24. The van der Waals surface area contributed by atoms with Gasteiger partial charge in [0, 0.05) is 32.9 Å². The molecule has 1 saturated carbocycles. The van der Waals surface area contributed by atoms with Crippen LogP contribution in [0.3, 0.4) is 0 Å². The maximum Gasteiger partial charge on any atom is 0.0550 e. The first-order chi connectivity index (χ1) is 24.8. The summed E-state index contributed by atoms with van der Waals surface area (Å²) in [7, 11) is 0. The average Bonchev–Trinajstić information content (AvgIpc) is 3.71. The SMILES string of the molecule is c1ccc(-c2ccc(-n3c4ccccc4c4c(C5CCCCC5)cc(-c5ccc6c(c5)c5ccccc5n6-c5ccccc5)cc43)cc2)cc1. The van der Waals surface area contributed by atoms with Crippen molar-refractivity contribution < 1.29 is 0 Å². The standard InChI is InChI=1S/C48H38N2/c1-4-14-33(15-5-1)34-24-27-39(28-25-34)50-45-23-13-11-21-41(45)48-42(35-16-6-2-7-17-35)31-37(32-47(48)50)36-26-29-46-43(30-36)40-20-10-12-22-44(40)49(46)38-18-8-3-9-19-38/h1,3-5,8-15,18-32,35H,2,6-7,16-17H2. The van der Waals surface area contributed by atoms with E-state index < -0.39 is 0 Å². The van der Waals surface area contributed by atoms with Gasteiger partial charge >= 0.3 is 0 Å². The Kier molecular flexibility index (Phi) is 6.94. The first-order valence-electron chi connectivity index (χ1n) is 18.1. The number of nitrogens with zero attached hydrogens (tertiary/aromatic N) is 2. The molecule has 1 aliphatic carbocycles. The summed E-state index contributed by atoms with van der Waals surface area (Å²) < 4.78 is 4.91. The molecule has 0 saturated heterocycles.